The van der Waals surface area contributed by atoms with Crippen molar-refractivity contribution in [3.05, 3.63) is 127 Å². The van der Waals surface area contributed by atoms with Crippen molar-refractivity contribution in [2.45, 2.75) is 24.6 Å². The van der Waals surface area contributed by atoms with Crippen molar-refractivity contribution in [1.29, 1.82) is 0 Å². The van der Waals surface area contributed by atoms with Gasteiger partial charge in [-0.2, -0.15) is 0 Å². The Morgan fingerprint density at radius 1 is 0.647 bits per heavy atom. The van der Waals surface area contributed by atoms with Gasteiger partial charge < -0.3 is 0 Å². The van der Waals surface area contributed by atoms with Crippen LogP contribution in [0.2, 0.25) is 0 Å². The maximum absolute atomic E-state index is 8.04. The fourth-order valence-electron chi connectivity index (χ4n) is 4.44. The van der Waals surface area contributed by atoms with Gasteiger partial charge in [0.2, 0.25) is 0 Å². The first-order chi connectivity index (χ1) is 16.4. The zero-order valence-corrected chi connectivity index (χ0v) is 21.9. The third kappa shape index (κ3) is 5.24. The first-order valence-electron chi connectivity index (χ1n) is 11.6. The number of halogens is 2. The van der Waals surface area contributed by atoms with Crippen molar-refractivity contribution in [3.63, 3.8) is 0 Å². The van der Waals surface area contributed by atoms with E-state index < -0.39 is 10.8 Å². The normalized spacial score (nSPS) is 14.6. The van der Waals surface area contributed by atoms with Gasteiger partial charge in [0.05, 0.1) is 0 Å². The van der Waals surface area contributed by atoms with Gasteiger partial charge in [-0.05, 0) is 0 Å². The van der Waals surface area contributed by atoms with Crippen LogP contribution in [0, 0.1) is 0 Å². The number of benzene rings is 4. The summed E-state index contributed by atoms with van der Waals surface area (Å²) in [5, 5.41) is 3.27. The fraction of sp³-hybridized carbons (Fsp3) is 0.200. The Kier molecular flexibility index (Phi) is 7.80. The number of rotatable bonds is 10. The second-order valence-corrected chi connectivity index (χ2v) is 16.4. The SMILES string of the molecule is CC(Cl)(CCc1ccccc1)COCP(Cl)(c1ccccc1)(c1ccccc1)c1ccccc1. The Hall–Kier alpha value is -2.15. The topological polar surface area (TPSA) is 9.23 Å². The number of alkyl halides is 1. The summed E-state index contributed by atoms with van der Waals surface area (Å²) in [4.78, 5) is -0.494. The summed E-state index contributed by atoms with van der Waals surface area (Å²) in [6.07, 6.45) is 2.10. The van der Waals surface area contributed by atoms with Gasteiger partial charge in [-0.3, -0.25) is 0 Å². The number of hydrogen-bond acceptors (Lipinski definition) is 1. The van der Waals surface area contributed by atoms with Gasteiger partial charge in [-0.25, -0.2) is 0 Å². The molecule has 4 rings (SSSR count). The molecule has 0 radical (unpaired) electrons. The summed E-state index contributed by atoms with van der Waals surface area (Å²) in [5.41, 5.74) is 1.28. The Morgan fingerprint density at radius 3 is 1.44 bits per heavy atom. The first kappa shape index (κ1) is 25.0. The second-order valence-electron chi connectivity index (χ2n) is 9.07. The van der Waals surface area contributed by atoms with Gasteiger partial charge in [0, 0.05) is 0 Å². The molecular weight excluding hydrogens is 478 g/mol. The van der Waals surface area contributed by atoms with Gasteiger partial charge in [0.1, 0.15) is 0 Å². The van der Waals surface area contributed by atoms with Crippen LogP contribution >= 0.6 is 28.8 Å². The molecule has 1 unspecified atom stereocenters. The molecule has 0 aliphatic carbocycles. The average Bonchev–Trinajstić information content (AvgIpc) is 2.90. The fourth-order valence-corrected chi connectivity index (χ4v) is 9.99. The van der Waals surface area contributed by atoms with Crippen molar-refractivity contribution in [2.75, 3.05) is 13.0 Å². The van der Waals surface area contributed by atoms with Crippen LogP contribution in [0.4, 0.5) is 0 Å². The zero-order valence-electron chi connectivity index (χ0n) is 19.5. The van der Waals surface area contributed by atoms with E-state index in [9.17, 15) is 0 Å². The van der Waals surface area contributed by atoms with E-state index in [0.29, 0.717) is 13.0 Å². The van der Waals surface area contributed by atoms with Gasteiger partial charge in [0.25, 0.3) is 0 Å². The van der Waals surface area contributed by atoms with E-state index in [1.54, 1.807) is 0 Å². The molecule has 0 amide bonds. The third-order valence-corrected chi connectivity index (χ3v) is 13.5. The second kappa shape index (κ2) is 10.6. The first-order valence-corrected chi connectivity index (χ1v) is 15.3. The Balaban J connectivity index is 1.67. The van der Waals surface area contributed by atoms with Gasteiger partial charge >= 0.3 is 214 Å². The van der Waals surface area contributed by atoms with Crippen molar-refractivity contribution < 1.29 is 4.74 Å². The molecule has 4 aromatic rings. The van der Waals surface area contributed by atoms with Crippen LogP contribution in [-0.2, 0) is 11.2 Å². The molecule has 0 aromatic heterocycles. The molecule has 4 heteroatoms. The molecule has 0 heterocycles. The van der Waals surface area contributed by atoms with Gasteiger partial charge in [-0.15, -0.1) is 0 Å². The molecule has 0 bridgehead atoms. The molecule has 1 atom stereocenters. The van der Waals surface area contributed by atoms with Crippen LogP contribution in [0.5, 0.6) is 0 Å². The van der Waals surface area contributed by atoms with E-state index in [2.05, 4.69) is 97.1 Å². The van der Waals surface area contributed by atoms with Crippen molar-refractivity contribution in [2.24, 2.45) is 0 Å². The van der Waals surface area contributed by atoms with Crippen molar-refractivity contribution >= 4 is 44.7 Å². The van der Waals surface area contributed by atoms with E-state index in [-0.39, 0.29) is 0 Å². The molecule has 0 saturated carbocycles. The van der Waals surface area contributed by atoms with Crippen LogP contribution in [-0.4, -0.2) is 17.8 Å². The van der Waals surface area contributed by atoms with Gasteiger partial charge in [0.15, 0.2) is 0 Å². The maximum atomic E-state index is 8.04. The Morgan fingerprint density at radius 2 is 1.03 bits per heavy atom. The molecule has 34 heavy (non-hydrogen) atoms. The minimum atomic E-state index is -3.44. The molecule has 0 N–H and O–H groups in total. The van der Waals surface area contributed by atoms with Crippen LogP contribution in [0.3, 0.4) is 0 Å². The van der Waals surface area contributed by atoms with E-state index in [4.69, 9.17) is 27.6 Å². The summed E-state index contributed by atoms with van der Waals surface area (Å²) in [7, 11) is 0. The monoisotopic (exact) mass is 508 g/mol. The minimum absolute atomic E-state index is 0.374. The summed E-state index contributed by atoms with van der Waals surface area (Å²) in [6, 6.07) is 41.6. The molecular formula is C30H31Cl2OP. The Bertz CT molecular complexity index is 1070. The van der Waals surface area contributed by atoms with Crippen LogP contribution in [0.1, 0.15) is 18.9 Å². The molecule has 1 nitrogen and oxygen atoms in total. The number of hydrogen-bond donors (Lipinski definition) is 0. The zero-order chi connectivity index (χ0) is 23.9. The third-order valence-electron chi connectivity index (χ3n) is 6.40. The summed E-state index contributed by atoms with van der Waals surface area (Å²) >= 11 is 15.0. The van der Waals surface area contributed by atoms with Crippen LogP contribution < -0.4 is 15.9 Å². The number of ether oxygens (including phenoxy) is 1. The predicted molar refractivity (Wildman–Crippen MR) is 151 cm³/mol. The predicted octanol–water partition coefficient (Wildman–Crippen LogP) is 7.27. The standard InChI is InChI=1S/C30H31Cl2OP/c1-30(31,23-22-26-14-6-2-7-15-26)24-33-25-34(32,27-16-8-3-9-17-27,28-18-10-4-11-19-28)29-20-12-5-13-21-29/h2-21H,22-25H2,1H3. The summed E-state index contributed by atoms with van der Waals surface area (Å²) in [5.74, 6) is -3.44. The molecule has 176 valence electrons. The van der Waals surface area contributed by atoms with Gasteiger partial charge in [-0.1, -0.05) is 0 Å². The van der Waals surface area contributed by atoms with E-state index in [1.165, 1.54) is 5.56 Å². The molecule has 0 aliphatic rings. The van der Waals surface area contributed by atoms with Crippen molar-refractivity contribution in [1.82, 2.24) is 0 Å². The average molecular weight is 509 g/mol. The van der Waals surface area contributed by atoms with Crippen LogP contribution in [0.15, 0.2) is 121 Å². The van der Waals surface area contributed by atoms with Crippen molar-refractivity contribution in [3.8, 4) is 0 Å². The Labute approximate surface area is 213 Å². The summed E-state index contributed by atoms with van der Waals surface area (Å²) < 4.78 is 6.51. The van der Waals surface area contributed by atoms with Crippen LogP contribution in [0.25, 0.3) is 0 Å². The molecule has 4 aromatic carbocycles. The van der Waals surface area contributed by atoms with E-state index in [1.807, 2.05) is 31.2 Å². The molecule has 0 spiro atoms. The summed E-state index contributed by atoms with van der Waals surface area (Å²) in [6.45, 7) is 2.47. The molecule has 0 saturated heterocycles. The quantitative estimate of drug-likeness (QED) is 0.161. The number of aryl methyl sites for hydroxylation is 1. The molecule has 0 fully saturated rings. The van der Waals surface area contributed by atoms with E-state index >= 15 is 0 Å². The van der Waals surface area contributed by atoms with E-state index in [0.717, 1.165) is 28.8 Å². The molecule has 0 aliphatic heterocycles.